The Morgan fingerprint density at radius 1 is 1.50 bits per heavy atom. The van der Waals surface area contributed by atoms with E-state index in [9.17, 15) is 5.11 Å². The van der Waals surface area contributed by atoms with Crippen LogP contribution in [0.3, 0.4) is 0 Å². The lowest BCUT2D eigenvalue weighted by Crippen LogP contribution is -2.32. The van der Waals surface area contributed by atoms with Crippen LogP contribution in [0.25, 0.3) is 0 Å². The van der Waals surface area contributed by atoms with Gasteiger partial charge >= 0.3 is 0 Å². The fourth-order valence-corrected chi connectivity index (χ4v) is 1.47. The van der Waals surface area contributed by atoms with Crippen molar-refractivity contribution in [2.24, 2.45) is 0 Å². The van der Waals surface area contributed by atoms with Gasteiger partial charge in [0, 0.05) is 17.5 Å². The molecule has 0 rings (SSSR count). The average molecular weight is 181 g/mol. The maximum absolute atomic E-state index is 9.20. The summed E-state index contributed by atoms with van der Waals surface area (Å²) < 4.78 is 0. The van der Waals surface area contributed by atoms with E-state index in [2.05, 4.69) is 25.3 Å². The van der Waals surface area contributed by atoms with Gasteiger partial charge in [0.05, 0.1) is 6.10 Å². The first-order chi connectivity index (χ1) is 4.57. The molecule has 0 saturated carbocycles. The van der Waals surface area contributed by atoms with Gasteiger partial charge < -0.3 is 10.0 Å². The molecule has 0 spiro atoms. The second-order valence-corrected chi connectivity index (χ2v) is 3.61. The molecule has 0 amide bonds. The molecule has 1 N–H and O–H groups in total. The summed E-state index contributed by atoms with van der Waals surface area (Å²) in [5, 5.41) is 9.20. The molecule has 0 aliphatic carbocycles. The van der Waals surface area contributed by atoms with E-state index in [0.717, 1.165) is 6.54 Å². The Kier molecular flexibility index (Phi) is 5.62. The van der Waals surface area contributed by atoms with Gasteiger partial charge in [-0.25, -0.2) is 0 Å². The monoisotopic (exact) mass is 181 g/mol. The highest BCUT2D eigenvalue weighted by atomic mass is 32.1. The molecule has 0 aromatic rings. The van der Waals surface area contributed by atoms with Crippen LogP contribution in [-0.2, 0) is 0 Å². The minimum absolute atomic E-state index is 0.00694. The summed E-state index contributed by atoms with van der Waals surface area (Å²) in [7, 11) is 3.91. The minimum Gasteiger partial charge on any atom is -0.391 e. The Labute approximate surface area is 73.4 Å². The van der Waals surface area contributed by atoms with E-state index in [1.165, 1.54) is 0 Å². The Morgan fingerprint density at radius 2 is 2.00 bits per heavy atom. The smallest absolute Gasteiger partial charge is 0.0756 e. The Balaban J connectivity index is 3.50. The quantitative estimate of drug-likeness (QED) is 0.537. The molecular formula is C6H15NOS2. The number of hydrogen-bond acceptors (Lipinski definition) is 4. The van der Waals surface area contributed by atoms with Crippen LogP contribution in [0, 0.1) is 0 Å². The number of rotatable bonds is 4. The van der Waals surface area contributed by atoms with Gasteiger partial charge in [0.2, 0.25) is 0 Å². The second-order valence-electron chi connectivity index (χ2n) is 2.58. The van der Waals surface area contributed by atoms with Gasteiger partial charge in [0.25, 0.3) is 0 Å². The van der Waals surface area contributed by atoms with E-state index in [1.54, 1.807) is 0 Å². The van der Waals surface area contributed by atoms with Crippen LogP contribution in [0.1, 0.15) is 0 Å². The van der Waals surface area contributed by atoms with Crippen molar-refractivity contribution >= 4 is 25.3 Å². The summed E-state index contributed by atoms with van der Waals surface area (Å²) in [4.78, 5) is 1.99. The van der Waals surface area contributed by atoms with Crippen molar-refractivity contribution in [2.45, 2.75) is 11.4 Å². The summed E-state index contributed by atoms with van der Waals surface area (Å²) >= 11 is 8.16. The van der Waals surface area contributed by atoms with Gasteiger partial charge in [-0.3, -0.25) is 0 Å². The molecule has 0 fully saturated rings. The van der Waals surface area contributed by atoms with Crippen LogP contribution < -0.4 is 0 Å². The lowest BCUT2D eigenvalue weighted by Gasteiger charge is -2.19. The lowest BCUT2D eigenvalue weighted by atomic mass is 10.2. The number of nitrogens with zero attached hydrogens (tertiary/aromatic N) is 1. The molecule has 0 aliphatic heterocycles. The van der Waals surface area contributed by atoms with E-state index in [4.69, 9.17) is 0 Å². The second kappa shape index (κ2) is 5.29. The SMILES string of the molecule is CN(C)C[C@@H](S)[C@H](O)CS. The molecule has 2 atom stereocenters. The molecule has 2 nitrogen and oxygen atoms in total. The van der Waals surface area contributed by atoms with Crippen LogP contribution >= 0.6 is 25.3 Å². The van der Waals surface area contributed by atoms with Crippen molar-refractivity contribution in [1.82, 2.24) is 4.90 Å². The van der Waals surface area contributed by atoms with Crippen LogP contribution in [-0.4, -0.2) is 47.8 Å². The molecule has 0 aromatic carbocycles. The predicted octanol–water partition coefficient (Wildman–Crippen LogP) is 0.137. The van der Waals surface area contributed by atoms with Crippen molar-refractivity contribution < 1.29 is 5.11 Å². The van der Waals surface area contributed by atoms with Crippen molar-refractivity contribution in [2.75, 3.05) is 26.4 Å². The van der Waals surface area contributed by atoms with Gasteiger partial charge in [0.1, 0.15) is 0 Å². The summed E-state index contributed by atoms with van der Waals surface area (Å²) in [6, 6.07) is 0. The number of thiol groups is 2. The van der Waals surface area contributed by atoms with Crippen LogP contribution in [0.4, 0.5) is 0 Å². The Bertz CT molecular complexity index is 89.8. The maximum atomic E-state index is 9.20. The molecule has 0 radical (unpaired) electrons. The van der Waals surface area contributed by atoms with E-state index in [1.807, 2.05) is 19.0 Å². The van der Waals surface area contributed by atoms with E-state index < -0.39 is 6.10 Å². The third-order valence-electron chi connectivity index (χ3n) is 1.18. The summed E-state index contributed by atoms with van der Waals surface area (Å²) in [6.07, 6.45) is -0.408. The van der Waals surface area contributed by atoms with Gasteiger partial charge in [-0.05, 0) is 14.1 Å². The third-order valence-corrected chi connectivity index (χ3v) is 2.06. The molecule has 0 unspecified atom stereocenters. The lowest BCUT2D eigenvalue weighted by molar-refractivity contribution is 0.182. The van der Waals surface area contributed by atoms with Crippen molar-refractivity contribution in [3.8, 4) is 0 Å². The van der Waals surface area contributed by atoms with E-state index >= 15 is 0 Å². The summed E-state index contributed by atoms with van der Waals surface area (Å²) in [6.45, 7) is 0.783. The van der Waals surface area contributed by atoms with Gasteiger partial charge in [-0.2, -0.15) is 25.3 Å². The minimum atomic E-state index is -0.408. The highest BCUT2D eigenvalue weighted by molar-refractivity contribution is 7.81. The Morgan fingerprint density at radius 3 is 2.30 bits per heavy atom. The van der Waals surface area contributed by atoms with Crippen molar-refractivity contribution in [3.05, 3.63) is 0 Å². The normalized spacial score (nSPS) is 17.4. The molecule has 0 saturated heterocycles. The summed E-state index contributed by atoms with van der Waals surface area (Å²) in [5.74, 6) is 0.474. The maximum Gasteiger partial charge on any atom is 0.0756 e. The molecule has 0 heterocycles. The fourth-order valence-electron chi connectivity index (χ4n) is 0.617. The van der Waals surface area contributed by atoms with Gasteiger partial charge in [-0.15, -0.1) is 0 Å². The van der Waals surface area contributed by atoms with Gasteiger partial charge in [-0.1, -0.05) is 0 Å². The van der Waals surface area contributed by atoms with Crippen LogP contribution in [0.5, 0.6) is 0 Å². The zero-order valence-corrected chi connectivity index (χ0v) is 8.15. The zero-order valence-electron chi connectivity index (χ0n) is 6.36. The van der Waals surface area contributed by atoms with Crippen LogP contribution in [0.2, 0.25) is 0 Å². The molecule has 0 aliphatic rings. The van der Waals surface area contributed by atoms with E-state index in [0.29, 0.717) is 5.75 Å². The highest BCUT2D eigenvalue weighted by Crippen LogP contribution is 2.04. The molecule has 4 heteroatoms. The predicted molar refractivity (Wildman–Crippen MR) is 51.2 cm³/mol. The van der Waals surface area contributed by atoms with E-state index in [-0.39, 0.29) is 5.25 Å². The molecule has 10 heavy (non-hydrogen) atoms. The molecule has 62 valence electrons. The molecule has 0 bridgehead atoms. The topological polar surface area (TPSA) is 23.5 Å². The fraction of sp³-hybridized carbons (Fsp3) is 1.00. The Hall–Kier alpha value is 0.620. The number of aliphatic hydroxyl groups excluding tert-OH is 1. The summed E-state index contributed by atoms with van der Waals surface area (Å²) in [5.41, 5.74) is 0. The third kappa shape index (κ3) is 4.44. The van der Waals surface area contributed by atoms with Crippen molar-refractivity contribution in [3.63, 3.8) is 0 Å². The van der Waals surface area contributed by atoms with Crippen molar-refractivity contribution in [1.29, 1.82) is 0 Å². The molecule has 0 aromatic heterocycles. The average Bonchev–Trinajstić information content (AvgIpc) is 1.85. The first-order valence-corrected chi connectivity index (χ1v) is 4.34. The number of aliphatic hydroxyl groups is 1. The number of hydrogen-bond donors (Lipinski definition) is 3. The molecular weight excluding hydrogens is 166 g/mol. The first-order valence-electron chi connectivity index (χ1n) is 3.19. The van der Waals surface area contributed by atoms with Gasteiger partial charge in [0.15, 0.2) is 0 Å². The first kappa shape index (κ1) is 10.6. The highest BCUT2D eigenvalue weighted by Gasteiger charge is 2.13. The zero-order chi connectivity index (χ0) is 8.15. The van der Waals surface area contributed by atoms with Crippen LogP contribution in [0.15, 0.2) is 0 Å². The standard InChI is InChI=1S/C6H15NOS2/c1-7(2)3-6(10)5(8)4-9/h5-6,8-10H,3-4H2,1-2H3/t5-,6-/m1/s1. The largest absolute Gasteiger partial charge is 0.391 e.